The quantitative estimate of drug-likeness (QED) is 0.780. The molecule has 6 heteroatoms. The fourth-order valence-electron chi connectivity index (χ4n) is 2.90. The Bertz CT molecular complexity index is 909. The van der Waals surface area contributed by atoms with Crippen molar-refractivity contribution in [1.29, 1.82) is 0 Å². The third kappa shape index (κ3) is 3.33. The summed E-state index contributed by atoms with van der Waals surface area (Å²) >= 11 is 0. The van der Waals surface area contributed by atoms with Gasteiger partial charge in [-0.05, 0) is 58.0 Å². The molecule has 25 heavy (non-hydrogen) atoms. The number of hydrogen-bond donors (Lipinski definition) is 1. The topological polar surface area (TPSA) is 60.1 Å². The smallest absolute Gasteiger partial charge is 0.255 e. The summed E-state index contributed by atoms with van der Waals surface area (Å²) in [7, 11) is 0. The summed E-state index contributed by atoms with van der Waals surface area (Å²) in [6.45, 7) is 7.40. The van der Waals surface area contributed by atoms with E-state index in [-0.39, 0.29) is 17.8 Å². The number of carbonyl (C=O) groups excluding carboxylic acids is 1. The first-order chi connectivity index (χ1) is 11.9. The summed E-state index contributed by atoms with van der Waals surface area (Å²) in [6.07, 6.45) is 1.72. The van der Waals surface area contributed by atoms with Crippen LogP contribution in [-0.2, 0) is 0 Å². The molecule has 3 rings (SSSR count). The number of nitrogens with zero attached hydrogens (tertiary/aromatic N) is 2. The van der Waals surface area contributed by atoms with Crippen molar-refractivity contribution in [2.45, 2.75) is 33.7 Å². The highest BCUT2D eigenvalue weighted by Gasteiger charge is 2.19. The average molecular weight is 341 g/mol. The van der Waals surface area contributed by atoms with Gasteiger partial charge in [-0.1, -0.05) is 0 Å². The van der Waals surface area contributed by atoms with E-state index >= 15 is 0 Å². The zero-order valence-corrected chi connectivity index (χ0v) is 14.6. The molecule has 0 radical (unpaired) electrons. The van der Waals surface area contributed by atoms with Crippen molar-refractivity contribution in [2.75, 3.05) is 0 Å². The van der Waals surface area contributed by atoms with Crippen molar-refractivity contribution in [3.05, 3.63) is 70.7 Å². The Morgan fingerprint density at radius 3 is 2.52 bits per heavy atom. The van der Waals surface area contributed by atoms with E-state index in [0.717, 1.165) is 16.9 Å². The molecule has 0 bridgehead atoms. The highest BCUT2D eigenvalue weighted by molar-refractivity contribution is 5.95. The van der Waals surface area contributed by atoms with E-state index in [2.05, 4.69) is 10.4 Å². The normalized spacial score (nSPS) is 12.2. The molecule has 0 saturated heterocycles. The molecule has 0 aliphatic rings. The molecule has 1 amide bonds. The summed E-state index contributed by atoms with van der Waals surface area (Å²) in [6, 6.07) is 7.62. The Labute approximate surface area is 145 Å². The molecule has 1 N–H and O–H groups in total. The standard InChI is InChI=1S/C19H20FN3O2/c1-11-9-17(14(4)25-11)19(24)22-12(2)18-10-21-23(13(18)3)16-7-5-15(20)6-8-16/h5-10,12H,1-4H3,(H,22,24). The zero-order chi connectivity index (χ0) is 18.1. The van der Waals surface area contributed by atoms with Crippen molar-refractivity contribution >= 4 is 5.91 Å². The van der Waals surface area contributed by atoms with Crippen LogP contribution >= 0.6 is 0 Å². The van der Waals surface area contributed by atoms with Crippen molar-refractivity contribution < 1.29 is 13.6 Å². The van der Waals surface area contributed by atoms with E-state index < -0.39 is 0 Å². The largest absolute Gasteiger partial charge is 0.466 e. The minimum Gasteiger partial charge on any atom is -0.466 e. The molecule has 0 spiro atoms. The number of halogens is 1. The summed E-state index contributed by atoms with van der Waals surface area (Å²) in [5.74, 6) is 0.826. The number of carbonyl (C=O) groups is 1. The number of benzene rings is 1. The van der Waals surface area contributed by atoms with Crippen LogP contribution in [0.25, 0.3) is 5.69 Å². The molecular weight excluding hydrogens is 321 g/mol. The van der Waals surface area contributed by atoms with Gasteiger partial charge in [0.05, 0.1) is 23.5 Å². The number of rotatable bonds is 4. The van der Waals surface area contributed by atoms with Gasteiger partial charge < -0.3 is 9.73 Å². The van der Waals surface area contributed by atoms with E-state index in [9.17, 15) is 9.18 Å². The van der Waals surface area contributed by atoms with E-state index in [0.29, 0.717) is 17.1 Å². The molecule has 1 atom stereocenters. The van der Waals surface area contributed by atoms with E-state index in [1.54, 1.807) is 36.0 Å². The lowest BCUT2D eigenvalue weighted by Crippen LogP contribution is -2.27. The Hall–Kier alpha value is -2.89. The fourth-order valence-corrected chi connectivity index (χ4v) is 2.90. The van der Waals surface area contributed by atoms with Gasteiger partial charge in [-0.25, -0.2) is 9.07 Å². The SMILES string of the molecule is Cc1cc(C(=O)NC(C)c2cnn(-c3ccc(F)cc3)c2C)c(C)o1. The highest BCUT2D eigenvalue weighted by atomic mass is 19.1. The van der Waals surface area contributed by atoms with Crippen LogP contribution < -0.4 is 5.32 Å². The van der Waals surface area contributed by atoms with Gasteiger partial charge in [-0.3, -0.25) is 4.79 Å². The second-order valence-electron chi connectivity index (χ2n) is 6.10. The molecule has 0 aliphatic heterocycles. The lowest BCUT2D eigenvalue weighted by molar-refractivity contribution is 0.0938. The second kappa shape index (κ2) is 6.55. The van der Waals surface area contributed by atoms with Crippen molar-refractivity contribution in [1.82, 2.24) is 15.1 Å². The summed E-state index contributed by atoms with van der Waals surface area (Å²) in [4.78, 5) is 12.4. The summed E-state index contributed by atoms with van der Waals surface area (Å²) in [5.41, 5.74) is 3.09. The van der Waals surface area contributed by atoms with Gasteiger partial charge in [-0.2, -0.15) is 5.10 Å². The van der Waals surface area contributed by atoms with Crippen molar-refractivity contribution in [3.8, 4) is 5.69 Å². The van der Waals surface area contributed by atoms with E-state index in [1.165, 1.54) is 12.1 Å². The van der Waals surface area contributed by atoms with Gasteiger partial charge in [0.25, 0.3) is 5.91 Å². The second-order valence-corrected chi connectivity index (χ2v) is 6.10. The van der Waals surface area contributed by atoms with Gasteiger partial charge in [0.2, 0.25) is 0 Å². The van der Waals surface area contributed by atoms with Crippen LogP contribution in [-0.4, -0.2) is 15.7 Å². The predicted molar refractivity (Wildman–Crippen MR) is 92.3 cm³/mol. The summed E-state index contributed by atoms with van der Waals surface area (Å²) < 4.78 is 20.2. The summed E-state index contributed by atoms with van der Waals surface area (Å²) in [5, 5.41) is 7.33. The zero-order valence-electron chi connectivity index (χ0n) is 14.6. The van der Waals surface area contributed by atoms with Crippen molar-refractivity contribution in [3.63, 3.8) is 0 Å². The third-order valence-electron chi connectivity index (χ3n) is 4.22. The maximum Gasteiger partial charge on any atom is 0.255 e. The number of amides is 1. The maximum absolute atomic E-state index is 13.1. The van der Waals surface area contributed by atoms with Gasteiger partial charge >= 0.3 is 0 Å². The van der Waals surface area contributed by atoms with Gasteiger partial charge in [-0.15, -0.1) is 0 Å². The fraction of sp³-hybridized carbons (Fsp3) is 0.263. The molecule has 1 aromatic carbocycles. The number of aromatic nitrogens is 2. The minimum absolute atomic E-state index is 0.184. The van der Waals surface area contributed by atoms with Crippen LogP contribution in [0.2, 0.25) is 0 Å². The molecular formula is C19H20FN3O2. The maximum atomic E-state index is 13.1. The monoisotopic (exact) mass is 341 g/mol. The molecule has 0 fully saturated rings. The minimum atomic E-state index is -0.291. The highest BCUT2D eigenvalue weighted by Crippen LogP contribution is 2.21. The van der Waals surface area contributed by atoms with Crippen LogP contribution in [0.1, 0.15) is 46.1 Å². The Morgan fingerprint density at radius 1 is 1.24 bits per heavy atom. The molecule has 2 heterocycles. The van der Waals surface area contributed by atoms with Crippen LogP contribution in [0.5, 0.6) is 0 Å². The lowest BCUT2D eigenvalue weighted by Gasteiger charge is -2.14. The first kappa shape index (κ1) is 17.0. The van der Waals surface area contributed by atoms with Crippen LogP contribution in [0.15, 0.2) is 40.9 Å². The molecule has 5 nitrogen and oxygen atoms in total. The third-order valence-corrected chi connectivity index (χ3v) is 4.22. The number of hydrogen-bond acceptors (Lipinski definition) is 3. The lowest BCUT2D eigenvalue weighted by atomic mass is 10.1. The Morgan fingerprint density at radius 2 is 1.92 bits per heavy atom. The molecule has 2 aromatic heterocycles. The molecule has 0 saturated carbocycles. The van der Waals surface area contributed by atoms with Crippen LogP contribution in [0, 0.1) is 26.6 Å². The van der Waals surface area contributed by atoms with Crippen LogP contribution in [0.3, 0.4) is 0 Å². The number of furan rings is 1. The Kier molecular flexibility index (Phi) is 4.44. The average Bonchev–Trinajstić information content (AvgIpc) is 3.10. The Balaban J connectivity index is 1.81. The van der Waals surface area contributed by atoms with Gasteiger partial charge in [0, 0.05) is 11.3 Å². The van der Waals surface area contributed by atoms with Gasteiger partial charge in [0.1, 0.15) is 17.3 Å². The van der Waals surface area contributed by atoms with Crippen molar-refractivity contribution in [2.24, 2.45) is 0 Å². The molecule has 0 aliphatic carbocycles. The molecule has 1 unspecified atom stereocenters. The number of aryl methyl sites for hydroxylation is 2. The molecule has 3 aromatic rings. The first-order valence-corrected chi connectivity index (χ1v) is 8.05. The first-order valence-electron chi connectivity index (χ1n) is 8.05. The number of nitrogens with one attached hydrogen (secondary N) is 1. The van der Waals surface area contributed by atoms with E-state index in [4.69, 9.17) is 4.42 Å². The van der Waals surface area contributed by atoms with E-state index in [1.807, 2.05) is 20.8 Å². The van der Waals surface area contributed by atoms with Gasteiger partial charge in [0.15, 0.2) is 0 Å². The predicted octanol–water partition coefficient (Wildman–Crippen LogP) is 4.02. The van der Waals surface area contributed by atoms with Crippen LogP contribution in [0.4, 0.5) is 4.39 Å². The molecule has 130 valence electrons.